The van der Waals surface area contributed by atoms with Crippen molar-refractivity contribution in [2.24, 2.45) is 0 Å². The molecule has 0 N–H and O–H groups in total. The summed E-state index contributed by atoms with van der Waals surface area (Å²) in [6.45, 7) is 6.96. The van der Waals surface area contributed by atoms with Crippen molar-refractivity contribution < 1.29 is 19.2 Å². The van der Waals surface area contributed by atoms with Gasteiger partial charge in [-0.25, -0.2) is 4.79 Å². The number of carbonyl (C=O) groups is 1. The van der Waals surface area contributed by atoms with Gasteiger partial charge in [0.25, 0.3) is 0 Å². The average molecular weight is 354 g/mol. The van der Waals surface area contributed by atoms with Gasteiger partial charge in [-0.1, -0.05) is 12.1 Å². The lowest BCUT2D eigenvalue weighted by molar-refractivity contribution is -0.385. The number of esters is 1. The summed E-state index contributed by atoms with van der Waals surface area (Å²) >= 11 is 0. The molecule has 2 aromatic rings. The minimum absolute atomic E-state index is 0.0654. The highest BCUT2D eigenvalue weighted by atomic mass is 16.6. The van der Waals surface area contributed by atoms with Gasteiger partial charge in [0, 0.05) is 6.07 Å². The quantitative estimate of drug-likeness (QED) is 0.454. The molecule has 2 aromatic carbocycles. The molecular formula is C19H18N2O5. The maximum atomic E-state index is 12.5. The summed E-state index contributed by atoms with van der Waals surface area (Å²) in [5.41, 5.74) is -0.104. The van der Waals surface area contributed by atoms with E-state index in [1.54, 1.807) is 39.8 Å². The molecule has 0 radical (unpaired) electrons. The fourth-order valence-corrected chi connectivity index (χ4v) is 2.25. The van der Waals surface area contributed by atoms with Crippen LogP contribution in [0.3, 0.4) is 0 Å². The highest BCUT2D eigenvalue weighted by molar-refractivity contribution is 5.94. The summed E-state index contributed by atoms with van der Waals surface area (Å²) in [5, 5.41) is 20.2. The number of benzene rings is 2. The van der Waals surface area contributed by atoms with E-state index in [0.717, 1.165) is 6.07 Å². The molecule has 0 saturated heterocycles. The molecule has 134 valence electrons. The maximum absolute atomic E-state index is 12.5. The predicted octanol–water partition coefficient (Wildman–Crippen LogP) is 4.52. The topological polar surface area (TPSA) is 102 Å². The van der Waals surface area contributed by atoms with Crippen molar-refractivity contribution in [3.8, 4) is 17.6 Å². The van der Waals surface area contributed by atoms with E-state index >= 15 is 0 Å². The number of aryl methyl sites for hydroxylation is 1. The number of hydrogen-bond acceptors (Lipinski definition) is 6. The van der Waals surface area contributed by atoms with Gasteiger partial charge in [-0.15, -0.1) is 0 Å². The van der Waals surface area contributed by atoms with Crippen LogP contribution in [-0.4, -0.2) is 16.5 Å². The van der Waals surface area contributed by atoms with Crippen LogP contribution in [0.15, 0.2) is 36.4 Å². The van der Waals surface area contributed by atoms with E-state index in [0.29, 0.717) is 5.56 Å². The molecular weight excluding hydrogens is 336 g/mol. The molecule has 7 nitrogen and oxygen atoms in total. The first kappa shape index (κ1) is 18.9. The summed E-state index contributed by atoms with van der Waals surface area (Å²) in [5.74, 6) is -0.502. The molecule has 0 heterocycles. The van der Waals surface area contributed by atoms with Crippen LogP contribution < -0.4 is 4.74 Å². The molecule has 0 unspecified atom stereocenters. The zero-order chi connectivity index (χ0) is 19.5. The normalized spacial score (nSPS) is 10.7. The summed E-state index contributed by atoms with van der Waals surface area (Å²) in [4.78, 5) is 23.2. The van der Waals surface area contributed by atoms with E-state index < -0.39 is 16.5 Å². The van der Waals surface area contributed by atoms with E-state index in [1.807, 2.05) is 6.07 Å². The first-order valence-electron chi connectivity index (χ1n) is 7.82. The number of rotatable bonds is 4. The van der Waals surface area contributed by atoms with Gasteiger partial charge in [-0.3, -0.25) is 10.1 Å². The minimum Gasteiger partial charge on any atom is -0.456 e. The van der Waals surface area contributed by atoms with Crippen LogP contribution in [0.2, 0.25) is 0 Å². The first-order chi connectivity index (χ1) is 12.1. The molecule has 7 heteroatoms. The zero-order valence-electron chi connectivity index (χ0n) is 14.9. The third-order valence-corrected chi connectivity index (χ3v) is 3.34. The van der Waals surface area contributed by atoms with Gasteiger partial charge in [0.2, 0.25) is 5.75 Å². The lowest BCUT2D eigenvalue weighted by atomic mass is 10.1. The molecule has 26 heavy (non-hydrogen) atoms. The molecule has 0 aliphatic heterocycles. The number of carbonyl (C=O) groups excluding carboxylic acids is 1. The Morgan fingerprint density at radius 1 is 1.19 bits per heavy atom. The van der Waals surface area contributed by atoms with E-state index in [1.165, 1.54) is 18.2 Å². The number of nitro benzene ring substituents is 1. The van der Waals surface area contributed by atoms with Gasteiger partial charge < -0.3 is 9.47 Å². The van der Waals surface area contributed by atoms with Gasteiger partial charge in [0.05, 0.1) is 16.6 Å². The monoisotopic (exact) mass is 354 g/mol. The largest absolute Gasteiger partial charge is 0.456 e. The van der Waals surface area contributed by atoms with Gasteiger partial charge in [0.15, 0.2) is 0 Å². The Labute approximate surface area is 150 Å². The highest BCUT2D eigenvalue weighted by Crippen LogP contribution is 2.35. The van der Waals surface area contributed by atoms with E-state index in [9.17, 15) is 14.9 Å². The number of hydrogen-bond donors (Lipinski definition) is 0. The van der Waals surface area contributed by atoms with Crippen LogP contribution in [0.4, 0.5) is 5.69 Å². The Kier molecular flexibility index (Phi) is 5.27. The molecule has 0 aliphatic rings. The van der Waals surface area contributed by atoms with Crippen LogP contribution in [0, 0.1) is 28.4 Å². The SMILES string of the molecule is Cc1cccc(Oc2ccc(C#N)cc2[N+](=O)[O-])c1C(=O)OC(C)(C)C. The van der Waals surface area contributed by atoms with Gasteiger partial charge in [0.1, 0.15) is 16.9 Å². The molecule has 0 amide bonds. The van der Waals surface area contributed by atoms with E-state index in [4.69, 9.17) is 14.7 Å². The molecule has 0 fully saturated rings. The number of nitrogens with zero attached hydrogens (tertiary/aromatic N) is 2. The van der Waals surface area contributed by atoms with Crippen molar-refractivity contribution in [1.82, 2.24) is 0 Å². The Hall–Kier alpha value is -3.40. The molecule has 2 rings (SSSR count). The van der Waals surface area contributed by atoms with Crippen molar-refractivity contribution in [3.63, 3.8) is 0 Å². The van der Waals surface area contributed by atoms with Crippen LogP contribution in [0.25, 0.3) is 0 Å². The second-order valence-corrected chi connectivity index (χ2v) is 6.60. The number of nitro groups is 1. The van der Waals surface area contributed by atoms with Crippen molar-refractivity contribution in [2.75, 3.05) is 0 Å². The Bertz CT molecular complexity index is 907. The summed E-state index contributed by atoms with van der Waals surface area (Å²) in [6.07, 6.45) is 0. The third kappa shape index (κ3) is 4.36. The van der Waals surface area contributed by atoms with Crippen molar-refractivity contribution >= 4 is 11.7 Å². The maximum Gasteiger partial charge on any atom is 0.342 e. The molecule has 0 aromatic heterocycles. The van der Waals surface area contributed by atoms with Gasteiger partial charge in [-0.05, 0) is 51.5 Å². The summed E-state index contributed by atoms with van der Waals surface area (Å²) in [6, 6.07) is 10.6. The van der Waals surface area contributed by atoms with E-state index in [2.05, 4.69) is 0 Å². The lowest BCUT2D eigenvalue weighted by Crippen LogP contribution is -2.24. The predicted molar refractivity (Wildman–Crippen MR) is 94.2 cm³/mol. The van der Waals surface area contributed by atoms with Crippen molar-refractivity contribution in [3.05, 3.63) is 63.2 Å². The Balaban J connectivity index is 2.49. The van der Waals surface area contributed by atoms with E-state index in [-0.39, 0.29) is 28.3 Å². The van der Waals surface area contributed by atoms with Crippen LogP contribution in [0.1, 0.15) is 42.3 Å². The van der Waals surface area contributed by atoms with Gasteiger partial charge >= 0.3 is 11.7 Å². The molecule has 0 aliphatic carbocycles. The van der Waals surface area contributed by atoms with Crippen LogP contribution in [-0.2, 0) is 4.74 Å². The van der Waals surface area contributed by atoms with Crippen molar-refractivity contribution in [1.29, 1.82) is 5.26 Å². The second-order valence-electron chi connectivity index (χ2n) is 6.60. The molecule has 0 saturated carbocycles. The van der Waals surface area contributed by atoms with Crippen LogP contribution in [0.5, 0.6) is 11.5 Å². The minimum atomic E-state index is -0.697. The Morgan fingerprint density at radius 3 is 2.46 bits per heavy atom. The number of ether oxygens (including phenoxy) is 2. The second kappa shape index (κ2) is 7.23. The molecule has 0 spiro atoms. The molecule has 0 bridgehead atoms. The highest BCUT2D eigenvalue weighted by Gasteiger charge is 2.25. The number of nitriles is 1. The summed E-state index contributed by atoms with van der Waals surface area (Å²) < 4.78 is 11.1. The summed E-state index contributed by atoms with van der Waals surface area (Å²) in [7, 11) is 0. The fourth-order valence-electron chi connectivity index (χ4n) is 2.25. The van der Waals surface area contributed by atoms with Gasteiger partial charge in [-0.2, -0.15) is 5.26 Å². The fraction of sp³-hybridized carbons (Fsp3) is 0.263. The third-order valence-electron chi connectivity index (χ3n) is 3.34. The molecule has 0 atom stereocenters. The standard InChI is InChI=1S/C19H18N2O5/c1-12-6-5-7-16(17(12)18(22)26-19(2,3)4)25-15-9-8-13(11-20)10-14(15)21(23)24/h5-10H,1-4H3. The average Bonchev–Trinajstić information content (AvgIpc) is 2.53. The van der Waals surface area contributed by atoms with Crippen LogP contribution >= 0.6 is 0 Å². The van der Waals surface area contributed by atoms with Crippen molar-refractivity contribution in [2.45, 2.75) is 33.3 Å². The smallest absolute Gasteiger partial charge is 0.342 e. The zero-order valence-corrected chi connectivity index (χ0v) is 14.9. The first-order valence-corrected chi connectivity index (χ1v) is 7.82. The lowest BCUT2D eigenvalue weighted by Gasteiger charge is -2.21. The Morgan fingerprint density at radius 2 is 1.88 bits per heavy atom.